The van der Waals surface area contributed by atoms with E-state index in [2.05, 4.69) is 0 Å². The van der Waals surface area contributed by atoms with Crippen molar-refractivity contribution in [2.75, 3.05) is 0 Å². The van der Waals surface area contributed by atoms with Crippen LogP contribution in [0.5, 0.6) is 0 Å². The van der Waals surface area contributed by atoms with Crippen molar-refractivity contribution in [1.82, 2.24) is 0 Å². The van der Waals surface area contributed by atoms with E-state index < -0.39 is 10.7 Å². The predicted molar refractivity (Wildman–Crippen MR) is 40.1 cm³/mol. The van der Waals surface area contributed by atoms with Crippen molar-refractivity contribution < 1.29 is 12.8 Å². The highest BCUT2D eigenvalue weighted by molar-refractivity contribution is 7.74. The number of benzene rings is 1. The Morgan fingerprint density at radius 3 is 2.18 bits per heavy atom. The van der Waals surface area contributed by atoms with Gasteiger partial charge in [0, 0.05) is 0 Å². The molecule has 1 radical (unpaired) electrons. The largest absolute Gasteiger partial charge is 0.231 e. The molecule has 0 saturated heterocycles. The Morgan fingerprint density at radius 1 is 1.18 bits per heavy atom. The van der Waals surface area contributed by atoms with Gasteiger partial charge in [-0.05, 0) is 17.7 Å². The van der Waals surface area contributed by atoms with Crippen LogP contribution in [0.3, 0.4) is 0 Å². The molecular weight excluding hydrogens is 167 g/mol. The lowest BCUT2D eigenvalue weighted by molar-refractivity contribution is 0.619. The summed E-state index contributed by atoms with van der Waals surface area (Å²) < 4.78 is 32.5. The van der Waals surface area contributed by atoms with Gasteiger partial charge in [0.2, 0.25) is 0 Å². The highest BCUT2D eigenvalue weighted by Crippen LogP contribution is 2.04. The highest BCUT2D eigenvalue weighted by atomic mass is 32.2. The van der Waals surface area contributed by atoms with Crippen LogP contribution in [-0.4, -0.2) is 8.42 Å². The second-order valence-corrected chi connectivity index (χ2v) is 2.79. The monoisotopic (exact) mass is 173 g/mol. The molecule has 0 amide bonds. The number of thiol groups is 1. The molecule has 0 aromatic heterocycles. The average Bonchev–Trinajstić information content (AvgIpc) is 1.93. The molecule has 0 heterocycles. The lowest BCUT2D eigenvalue weighted by atomic mass is 10.2. The highest BCUT2D eigenvalue weighted by Gasteiger charge is 1.94. The standard InChI is InChI=1S/C7H6FO2S/c8-7-3-1-6(2-4-7)5-11(9)10/h1-5,11H. The Hall–Kier alpha value is -0.900. The summed E-state index contributed by atoms with van der Waals surface area (Å²) >= 11 is 0. The van der Waals surface area contributed by atoms with Gasteiger partial charge in [0.25, 0.3) is 0 Å². The quantitative estimate of drug-likeness (QED) is 0.675. The molecule has 1 rings (SSSR count). The zero-order valence-electron chi connectivity index (χ0n) is 5.53. The van der Waals surface area contributed by atoms with Gasteiger partial charge < -0.3 is 0 Å². The minimum absolute atomic E-state index is 0.372. The number of halogens is 1. The maximum Gasteiger partial charge on any atom is 0.148 e. The second-order valence-electron chi connectivity index (χ2n) is 1.97. The van der Waals surface area contributed by atoms with Crippen molar-refractivity contribution in [3.8, 4) is 0 Å². The summed E-state index contributed by atoms with van der Waals surface area (Å²) in [7, 11) is -2.53. The lowest BCUT2D eigenvalue weighted by Gasteiger charge is -1.91. The number of hydrogen-bond donors (Lipinski definition) is 1. The van der Waals surface area contributed by atoms with E-state index in [0.29, 0.717) is 5.56 Å². The molecule has 0 spiro atoms. The molecule has 0 bridgehead atoms. The summed E-state index contributed by atoms with van der Waals surface area (Å²) in [5.41, 5.74) is 0.488. The van der Waals surface area contributed by atoms with E-state index in [1.165, 1.54) is 24.3 Å². The third kappa shape index (κ3) is 2.67. The van der Waals surface area contributed by atoms with Crippen LogP contribution >= 0.6 is 0 Å². The fourth-order valence-corrected chi connectivity index (χ4v) is 1.09. The van der Waals surface area contributed by atoms with E-state index in [0.717, 1.165) is 5.75 Å². The molecule has 11 heavy (non-hydrogen) atoms. The van der Waals surface area contributed by atoms with Crippen LogP contribution in [-0.2, 0) is 10.7 Å². The van der Waals surface area contributed by atoms with Gasteiger partial charge in [0.05, 0.1) is 0 Å². The Bertz CT molecular complexity index is 295. The van der Waals surface area contributed by atoms with Crippen molar-refractivity contribution >= 4 is 10.7 Å². The van der Waals surface area contributed by atoms with E-state index in [9.17, 15) is 12.8 Å². The average molecular weight is 173 g/mol. The van der Waals surface area contributed by atoms with Gasteiger partial charge in [-0.1, -0.05) is 12.1 Å². The first-order chi connectivity index (χ1) is 5.18. The van der Waals surface area contributed by atoms with E-state index >= 15 is 0 Å². The van der Waals surface area contributed by atoms with Crippen molar-refractivity contribution in [3.63, 3.8) is 0 Å². The predicted octanol–water partition coefficient (Wildman–Crippen LogP) is 0.947. The normalized spacial score (nSPS) is 10.4. The smallest absolute Gasteiger partial charge is 0.148 e. The Kier molecular flexibility index (Phi) is 2.59. The van der Waals surface area contributed by atoms with Crippen molar-refractivity contribution in [3.05, 3.63) is 41.4 Å². The molecule has 0 saturated carbocycles. The minimum atomic E-state index is -2.53. The molecule has 0 aliphatic heterocycles. The SMILES string of the molecule is O=[SH](=O)[CH]c1ccc(F)cc1. The molecular formula is C7H6FO2S. The molecule has 0 N–H and O–H groups in total. The topological polar surface area (TPSA) is 34.1 Å². The van der Waals surface area contributed by atoms with E-state index in [1.807, 2.05) is 0 Å². The van der Waals surface area contributed by atoms with Crippen LogP contribution in [0.25, 0.3) is 0 Å². The first-order valence-electron chi connectivity index (χ1n) is 2.92. The zero-order valence-corrected chi connectivity index (χ0v) is 6.42. The maximum absolute atomic E-state index is 12.3. The van der Waals surface area contributed by atoms with Crippen LogP contribution in [0, 0.1) is 11.6 Å². The summed E-state index contributed by atoms with van der Waals surface area (Å²) in [5, 5.41) is 0. The maximum atomic E-state index is 12.3. The minimum Gasteiger partial charge on any atom is -0.231 e. The second kappa shape index (κ2) is 3.48. The molecule has 2 nitrogen and oxygen atoms in total. The fraction of sp³-hybridized carbons (Fsp3) is 0. The summed E-state index contributed by atoms with van der Waals surface area (Å²) in [6.45, 7) is 0. The Morgan fingerprint density at radius 2 is 1.73 bits per heavy atom. The number of hydrogen-bond acceptors (Lipinski definition) is 2. The first kappa shape index (κ1) is 8.20. The molecule has 0 fully saturated rings. The molecule has 0 aliphatic carbocycles. The van der Waals surface area contributed by atoms with Crippen LogP contribution in [0.15, 0.2) is 24.3 Å². The van der Waals surface area contributed by atoms with Crippen molar-refractivity contribution in [2.45, 2.75) is 0 Å². The van der Waals surface area contributed by atoms with Crippen LogP contribution in [0.4, 0.5) is 4.39 Å². The zero-order chi connectivity index (χ0) is 8.27. The van der Waals surface area contributed by atoms with Gasteiger partial charge in [-0.2, -0.15) is 0 Å². The van der Waals surface area contributed by atoms with Crippen LogP contribution in [0.1, 0.15) is 5.56 Å². The summed E-state index contributed by atoms with van der Waals surface area (Å²) in [6, 6.07) is 5.23. The van der Waals surface area contributed by atoms with Gasteiger partial charge in [0.15, 0.2) is 0 Å². The van der Waals surface area contributed by atoms with E-state index in [4.69, 9.17) is 0 Å². The summed E-state index contributed by atoms with van der Waals surface area (Å²) in [5.74, 6) is 0.678. The van der Waals surface area contributed by atoms with Gasteiger partial charge in [-0.3, -0.25) is 0 Å². The van der Waals surface area contributed by atoms with Gasteiger partial charge >= 0.3 is 0 Å². The Labute approximate surface area is 65.6 Å². The molecule has 4 heteroatoms. The summed E-state index contributed by atoms with van der Waals surface area (Å²) in [4.78, 5) is 0. The fourth-order valence-electron chi connectivity index (χ4n) is 0.671. The van der Waals surface area contributed by atoms with Crippen molar-refractivity contribution in [2.24, 2.45) is 0 Å². The van der Waals surface area contributed by atoms with Crippen LogP contribution < -0.4 is 0 Å². The molecule has 59 valence electrons. The Balaban J connectivity index is 2.82. The number of rotatable bonds is 2. The third-order valence-electron chi connectivity index (χ3n) is 1.12. The third-order valence-corrected chi connectivity index (χ3v) is 1.63. The lowest BCUT2D eigenvalue weighted by Crippen LogP contribution is -1.83. The summed E-state index contributed by atoms with van der Waals surface area (Å²) in [6.07, 6.45) is 0. The van der Waals surface area contributed by atoms with Crippen molar-refractivity contribution in [1.29, 1.82) is 0 Å². The van der Waals surface area contributed by atoms with Gasteiger partial charge in [-0.25, -0.2) is 12.8 Å². The molecule has 1 aromatic rings. The molecule has 0 unspecified atom stereocenters. The molecule has 0 atom stereocenters. The molecule has 0 aliphatic rings. The molecule has 1 aromatic carbocycles. The van der Waals surface area contributed by atoms with E-state index in [1.54, 1.807) is 0 Å². The van der Waals surface area contributed by atoms with Gasteiger partial charge in [0.1, 0.15) is 22.3 Å². The van der Waals surface area contributed by atoms with E-state index in [-0.39, 0.29) is 5.82 Å². The van der Waals surface area contributed by atoms with Gasteiger partial charge in [-0.15, -0.1) is 0 Å². The first-order valence-corrected chi connectivity index (χ1v) is 4.17. The van der Waals surface area contributed by atoms with Crippen LogP contribution in [0.2, 0.25) is 0 Å².